The molecular formula is C15H21NO4S. The van der Waals surface area contributed by atoms with Crippen LogP contribution in [0.25, 0.3) is 0 Å². The molecule has 0 unspecified atom stereocenters. The Kier molecular flexibility index (Phi) is 4.70. The van der Waals surface area contributed by atoms with E-state index in [1.807, 2.05) is 6.92 Å². The average Bonchev–Trinajstić information content (AvgIpc) is 2.58. The molecule has 0 aliphatic carbocycles. The van der Waals surface area contributed by atoms with Crippen molar-refractivity contribution in [1.29, 1.82) is 0 Å². The monoisotopic (exact) mass is 311 g/mol. The van der Waals surface area contributed by atoms with Crippen molar-refractivity contribution in [3.05, 3.63) is 42.2 Å². The molecule has 1 aliphatic rings. The Labute approximate surface area is 126 Å². The van der Waals surface area contributed by atoms with Gasteiger partial charge in [-0.1, -0.05) is 24.3 Å². The van der Waals surface area contributed by atoms with E-state index in [1.54, 1.807) is 31.2 Å². The second kappa shape index (κ2) is 6.17. The Morgan fingerprint density at radius 2 is 1.95 bits per heavy atom. The van der Waals surface area contributed by atoms with E-state index in [4.69, 9.17) is 9.47 Å². The molecule has 0 saturated carbocycles. The van der Waals surface area contributed by atoms with Crippen molar-refractivity contribution >= 4 is 10.0 Å². The lowest BCUT2D eigenvalue weighted by Crippen LogP contribution is -2.45. The zero-order chi connectivity index (χ0) is 15.6. The lowest BCUT2D eigenvalue weighted by Gasteiger charge is -2.29. The van der Waals surface area contributed by atoms with Gasteiger partial charge in [0.1, 0.15) is 18.5 Å². The Bertz CT molecular complexity index is 609. The number of methoxy groups -OCH3 is 1. The van der Waals surface area contributed by atoms with Gasteiger partial charge in [-0.05, 0) is 26.0 Å². The predicted octanol–water partition coefficient (Wildman–Crippen LogP) is 1.93. The van der Waals surface area contributed by atoms with E-state index in [1.165, 1.54) is 11.4 Å². The van der Waals surface area contributed by atoms with E-state index < -0.39 is 16.1 Å². The third kappa shape index (κ3) is 3.12. The molecule has 1 aliphatic heterocycles. The fourth-order valence-electron chi connectivity index (χ4n) is 2.49. The molecule has 0 amide bonds. The fourth-order valence-corrected chi connectivity index (χ4v) is 4.10. The highest BCUT2D eigenvalue weighted by molar-refractivity contribution is 7.89. The van der Waals surface area contributed by atoms with Crippen molar-refractivity contribution in [3.63, 3.8) is 0 Å². The van der Waals surface area contributed by atoms with Crippen LogP contribution in [-0.4, -0.2) is 45.1 Å². The van der Waals surface area contributed by atoms with Crippen LogP contribution in [0.5, 0.6) is 0 Å². The van der Waals surface area contributed by atoms with E-state index in [2.05, 4.69) is 6.58 Å². The molecule has 1 aromatic rings. The lowest BCUT2D eigenvalue weighted by atomic mass is 10.1. The minimum absolute atomic E-state index is 0.272. The Balaban J connectivity index is 2.38. The highest BCUT2D eigenvalue weighted by Crippen LogP contribution is 2.25. The van der Waals surface area contributed by atoms with E-state index >= 15 is 0 Å². The van der Waals surface area contributed by atoms with Crippen LogP contribution in [0, 0.1) is 6.92 Å². The van der Waals surface area contributed by atoms with Crippen molar-refractivity contribution < 1.29 is 17.9 Å². The minimum atomic E-state index is -3.59. The first-order valence-electron chi connectivity index (χ1n) is 6.81. The summed E-state index contributed by atoms with van der Waals surface area (Å²) in [6, 6.07) is 6.45. The number of hydrogen-bond acceptors (Lipinski definition) is 4. The van der Waals surface area contributed by atoms with Crippen LogP contribution in [0.3, 0.4) is 0 Å². The number of sulfonamides is 1. The third-order valence-corrected chi connectivity index (χ3v) is 5.69. The second-order valence-electron chi connectivity index (χ2n) is 5.14. The SMILES string of the molecule is C=C1OCCN(S(=O)(=O)c2ccc(C)cc2)[C@@H](C)[C@H]1OC. The molecule has 6 heteroatoms. The molecule has 21 heavy (non-hydrogen) atoms. The number of ether oxygens (including phenoxy) is 2. The first-order valence-corrected chi connectivity index (χ1v) is 8.25. The molecule has 0 N–H and O–H groups in total. The molecule has 0 bridgehead atoms. The molecule has 0 radical (unpaired) electrons. The summed E-state index contributed by atoms with van der Waals surface area (Å²) >= 11 is 0. The second-order valence-corrected chi connectivity index (χ2v) is 7.03. The maximum Gasteiger partial charge on any atom is 0.243 e. The van der Waals surface area contributed by atoms with Crippen LogP contribution in [-0.2, 0) is 19.5 Å². The summed E-state index contributed by atoms with van der Waals surface area (Å²) < 4.78 is 37.8. The number of rotatable bonds is 3. The van der Waals surface area contributed by atoms with Gasteiger partial charge in [-0.15, -0.1) is 0 Å². The van der Waals surface area contributed by atoms with Crippen LogP contribution in [0.15, 0.2) is 41.5 Å². The summed E-state index contributed by atoms with van der Waals surface area (Å²) in [7, 11) is -2.06. The van der Waals surface area contributed by atoms with Gasteiger partial charge < -0.3 is 9.47 Å². The summed E-state index contributed by atoms with van der Waals surface area (Å²) in [5, 5.41) is 0. The van der Waals surface area contributed by atoms with Gasteiger partial charge in [0, 0.05) is 13.7 Å². The molecular weight excluding hydrogens is 290 g/mol. The van der Waals surface area contributed by atoms with Gasteiger partial charge in [0.15, 0.2) is 0 Å². The molecule has 2 rings (SSSR count). The molecule has 2 atom stereocenters. The van der Waals surface area contributed by atoms with Crippen LogP contribution >= 0.6 is 0 Å². The van der Waals surface area contributed by atoms with Gasteiger partial charge in [-0.25, -0.2) is 8.42 Å². The highest BCUT2D eigenvalue weighted by atomic mass is 32.2. The maximum atomic E-state index is 12.8. The van der Waals surface area contributed by atoms with Crippen LogP contribution < -0.4 is 0 Å². The summed E-state index contributed by atoms with van der Waals surface area (Å²) in [5.74, 6) is 0.464. The van der Waals surface area contributed by atoms with Gasteiger partial charge in [0.05, 0.1) is 10.9 Å². The van der Waals surface area contributed by atoms with Crippen molar-refractivity contribution in [2.75, 3.05) is 20.3 Å². The fraction of sp³-hybridized carbons (Fsp3) is 0.467. The first-order chi connectivity index (χ1) is 9.87. The third-order valence-electron chi connectivity index (χ3n) is 3.69. The molecule has 116 valence electrons. The van der Waals surface area contributed by atoms with E-state index in [9.17, 15) is 8.42 Å². The Morgan fingerprint density at radius 3 is 2.52 bits per heavy atom. The molecule has 0 aromatic heterocycles. The zero-order valence-corrected chi connectivity index (χ0v) is 13.4. The lowest BCUT2D eigenvalue weighted by molar-refractivity contribution is 0.0539. The average molecular weight is 311 g/mol. The summed E-state index contributed by atoms with van der Waals surface area (Å²) in [4.78, 5) is 0.280. The summed E-state index contributed by atoms with van der Waals surface area (Å²) in [6.45, 7) is 8.08. The maximum absolute atomic E-state index is 12.8. The van der Waals surface area contributed by atoms with Crippen LogP contribution in [0.2, 0.25) is 0 Å². The molecule has 1 aromatic carbocycles. The topological polar surface area (TPSA) is 55.8 Å². The highest BCUT2D eigenvalue weighted by Gasteiger charge is 2.37. The van der Waals surface area contributed by atoms with Gasteiger partial charge in [0.25, 0.3) is 0 Å². The van der Waals surface area contributed by atoms with Gasteiger partial charge in [0.2, 0.25) is 10.0 Å². The van der Waals surface area contributed by atoms with Crippen LogP contribution in [0.1, 0.15) is 12.5 Å². The van der Waals surface area contributed by atoms with E-state index in [0.29, 0.717) is 5.76 Å². The summed E-state index contributed by atoms with van der Waals surface area (Å²) in [6.07, 6.45) is -0.479. The van der Waals surface area contributed by atoms with Gasteiger partial charge in [-0.3, -0.25) is 0 Å². The number of aryl methyl sites for hydroxylation is 1. The minimum Gasteiger partial charge on any atom is -0.494 e. The normalized spacial score (nSPS) is 24.4. The molecule has 5 nitrogen and oxygen atoms in total. The quantitative estimate of drug-likeness (QED) is 0.856. The van der Waals surface area contributed by atoms with Crippen molar-refractivity contribution in [2.24, 2.45) is 0 Å². The zero-order valence-electron chi connectivity index (χ0n) is 12.6. The Hall–Kier alpha value is -1.37. The van der Waals surface area contributed by atoms with Crippen LogP contribution in [0.4, 0.5) is 0 Å². The molecule has 1 fully saturated rings. The molecule has 0 spiro atoms. The molecule has 1 heterocycles. The number of hydrogen-bond donors (Lipinski definition) is 0. The van der Waals surface area contributed by atoms with Crippen molar-refractivity contribution in [3.8, 4) is 0 Å². The summed E-state index contributed by atoms with van der Waals surface area (Å²) in [5.41, 5.74) is 1.02. The van der Waals surface area contributed by atoms with Gasteiger partial charge >= 0.3 is 0 Å². The van der Waals surface area contributed by atoms with E-state index in [-0.39, 0.29) is 24.1 Å². The van der Waals surface area contributed by atoms with E-state index in [0.717, 1.165) is 5.56 Å². The number of benzene rings is 1. The smallest absolute Gasteiger partial charge is 0.243 e. The van der Waals surface area contributed by atoms with Crippen molar-refractivity contribution in [2.45, 2.75) is 30.9 Å². The van der Waals surface area contributed by atoms with Crippen molar-refractivity contribution in [1.82, 2.24) is 4.31 Å². The largest absolute Gasteiger partial charge is 0.494 e. The Morgan fingerprint density at radius 1 is 1.33 bits per heavy atom. The first kappa shape index (κ1) is 16.0. The number of nitrogens with zero attached hydrogens (tertiary/aromatic N) is 1. The predicted molar refractivity (Wildman–Crippen MR) is 80.4 cm³/mol. The standard InChI is InChI=1S/C15H21NO4S/c1-11-5-7-14(8-6-11)21(17,18)16-9-10-20-13(3)15(19-4)12(16)2/h5-8,12,15H,3,9-10H2,1-2,4H3/t12-,15+/m0/s1. The van der Waals surface area contributed by atoms with Gasteiger partial charge in [-0.2, -0.15) is 4.31 Å². The molecule has 1 saturated heterocycles.